The summed E-state index contributed by atoms with van der Waals surface area (Å²) in [6.45, 7) is 1.74. The molecule has 0 saturated carbocycles. The highest BCUT2D eigenvalue weighted by atomic mass is 35.5. The molecule has 1 aromatic carbocycles. The Labute approximate surface area is 227 Å². The number of hydrogen-bond acceptors (Lipinski definition) is 7. The number of piperidine rings is 1. The quantitative estimate of drug-likeness (QED) is 0.372. The maximum Gasteiger partial charge on any atom is 0.416 e. The first kappa shape index (κ1) is 26.9. The van der Waals surface area contributed by atoms with E-state index in [9.17, 15) is 18.0 Å². The number of nitrogens with one attached hydrogen (secondary N) is 1. The molecule has 0 aliphatic carbocycles. The Morgan fingerprint density at radius 3 is 2.85 bits per heavy atom. The molecule has 3 aromatic rings. The fourth-order valence-electron chi connectivity index (χ4n) is 4.77. The third kappa shape index (κ3) is 5.86. The molecule has 2 aliphatic rings. The topological polar surface area (TPSA) is 104 Å². The van der Waals surface area contributed by atoms with Crippen LogP contribution in [0.15, 0.2) is 42.6 Å². The summed E-state index contributed by atoms with van der Waals surface area (Å²) in [5.41, 5.74) is 0.151. The van der Waals surface area contributed by atoms with E-state index in [0.717, 1.165) is 31.5 Å². The van der Waals surface area contributed by atoms with Crippen molar-refractivity contribution in [1.82, 2.24) is 15.0 Å². The van der Waals surface area contributed by atoms with Crippen molar-refractivity contribution in [3.05, 3.63) is 53.2 Å². The molecule has 1 fully saturated rings. The number of benzene rings is 1. The van der Waals surface area contributed by atoms with Crippen molar-refractivity contribution < 1.29 is 27.8 Å². The highest BCUT2D eigenvalue weighted by Crippen LogP contribution is 2.43. The third-order valence-electron chi connectivity index (χ3n) is 6.60. The number of rotatable bonds is 7. The van der Waals surface area contributed by atoms with Gasteiger partial charge in [-0.2, -0.15) is 18.2 Å². The van der Waals surface area contributed by atoms with E-state index in [1.165, 1.54) is 23.2 Å². The fraction of sp³-hybridized carbons (Fsp3) is 0.385. The lowest BCUT2D eigenvalue weighted by Gasteiger charge is -2.45. The number of fused-ring (bicyclic) bond motifs is 4. The van der Waals surface area contributed by atoms with Gasteiger partial charge in [-0.3, -0.25) is 10.2 Å². The largest absolute Gasteiger partial charge is 0.478 e. The molecule has 4 heterocycles. The number of halogens is 4. The lowest BCUT2D eigenvalue weighted by molar-refractivity contribution is -0.137. The number of hydrogen-bond donors (Lipinski definition) is 2. The summed E-state index contributed by atoms with van der Waals surface area (Å²) in [5, 5.41) is 11.8. The maximum atomic E-state index is 13.6. The van der Waals surface area contributed by atoms with Gasteiger partial charge in [0.1, 0.15) is 0 Å². The molecule has 2 aromatic heterocycles. The summed E-state index contributed by atoms with van der Waals surface area (Å²) in [6, 6.07) is 7.26. The van der Waals surface area contributed by atoms with Crippen LogP contribution in [0.3, 0.4) is 0 Å². The number of aliphatic hydroxyl groups excluding tert-OH is 1. The minimum absolute atomic E-state index is 0.0338. The normalized spacial score (nSPS) is 16.6. The number of urea groups is 1. The molecule has 9 nitrogen and oxygen atoms in total. The van der Waals surface area contributed by atoms with Crippen LogP contribution in [0.4, 0.5) is 35.4 Å². The van der Waals surface area contributed by atoms with E-state index in [-0.39, 0.29) is 40.8 Å². The van der Waals surface area contributed by atoms with Crippen LogP contribution in [0.1, 0.15) is 31.2 Å². The number of anilines is 3. The van der Waals surface area contributed by atoms with Gasteiger partial charge < -0.3 is 14.7 Å². The van der Waals surface area contributed by atoms with Gasteiger partial charge in [0.15, 0.2) is 5.82 Å². The summed E-state index contributed by atoms with van der Waals surface area (Å²) in [6.07, 6.45) is -0.257. The van der Waals surface area contributed by atoms with Gasteiger partial charge in [-0.1, -0.05) is 23.7 Å². The molecule has 39 heavy (non-hydrogen) atoms. The van der Waals surface area contributed by atoms with Crippen molar-refractivity contribution in [3.63, 3.8) is 0 Å². The molecule has 5 rings (SSSR count). The summed E-state index contributed by atoms with van der Waals surface area (Å²) in [4.78, 5) is 30.2. The first-order valence-corrected chi connectivity index (χ1v) is 12.9. The van der Waals surface area contributed by atoms with Crippen molar-refractivity contribution in [1.29, 1.82) is 0 Å². The molecular weight excluding hydrogens is 537 g/mol. The van der Waals surface area contributed by atoms with Crippen molar-refractivity contribution in [2.45, 2.75) is 37.9 Å². The summed E-state index contributed by atoms with van der Waals surface area (Å²) < 4.78 is 45.7. The monoisotopic (exact) mass is 562 g/mol. The average molecular weight is 563 g/mol. The third-order valence-corrected chi connectivity index (χ3v) is 6.89. The first-order valence-electron chi connectivity index (χ1n) is 12.5. The molecule has 0 unspecified atom stereocenters. The van der Waals surface area contributed by atoms with Crippen molar-refractivity contribution in [2.75, 3.05) is 41.4 Å². The second kappa shape index (κ2) is 11.2. The van der Waals surface area contributed by atoms with E-state index < -0.39 is 17.8 Å². The van der Waals surface area contributed by atoms with Crippen LogP contribution in [0, 0.1) is 0 Å². The number of ether oxygens (including phenoxy) is 1. The molecule has 1 saturated heterocycles. The molecule has 2 amide bonds. The second-order valence-electron chi connectivity index (χ2n) is 9.28. The Morgan fingerprint density at radius 2 is 2.05 bits per heavy atom. The fourth-order valence-corrected chi connectivity index (χ4v) is 5.03. The maximum absolute atomic E-state index is 13.6. The van der Waals surface area contributed by atoms with Crippen molar-refractivity contribution >= 4 is 35.1 Å². The number of aliphatic hydroxyl groups is 1. The average Bonchev–Trinajstić information content (AvgIpc) is 2.91. The van der Waals surface area contributed by atoms with E-state index in [2.05, 4.69) is 25.2 Å². The molecule has 0 spiro atoms. The zero-order valence-corrected chi connectivity index (χ0v) is 21.5. The number of aromatic nitrogens is 3. The van der Waals surface area contributed by atoms with Gasteiger partial charge in [-0.05, 0) is 43.9 Å². The summed E-state index contributed by atoms with van der Waals surface area (Å²) in [5.74, 6) is 0.612. The zero-order valence-electron chi connectivity index (χ0n) is 20.8. The van der Waals surface area contributed by atoms with Gasteiger partial charge in [0.2, 0.25) is 11.8 Å². The Morgan fingerprint density at radius 1 is 1.21 bits per heavy atom. The van der Waals surface area contributed by atoms with Gasteiger partial charge in [-0.15, -0.1) is 0 Å². The predicted molar refractivity (Wildman–Crippen MR) is 140 cm³/mol. The van der Waals surface area contributed by atoms with Gasteiger partial charge in [0.05, 0.1) is 34.6 Å². The number of amides is 2. The summed E-state index contributed by atoms with van der Waals surface area (Å²) >= 11 is 6.54. The zero-order chi connectivity index (χ0) is 27.6. The van der Waals surface area contributed by atoms with E-state index in [0.29, 0.717) is 37.5 Å². The van der Waals surface area contributed by atoms with E-state index in [4.69, 9.17) is 21.4 Å². The number of carbonyl (C=O) groups is 1. The number of alkyl halides is 3. The Kier molecular flexibility index (Phi) is 7.76. The first-order chi connectivity index (χ1) is 18.7. The van der Waals surface area contributed by atoms with Crippen LogP contribution in [-0.4, -0.2) is 58.4 Å². The number of nitrogens with zero attached hydrogens (tertiary/aromatic N) is 5. The highest BCUT2D eigenvalue weighted by molar-refractivity contribution is 6.33. The van der Waals surface area contributed by atoms with Gasteiger partial charge in [0, 0.05) is 37.5 Å². The predicted octanol–water partition coefficient (Wildman–Crippen LogP) is 5.38. The van der Waals surface area contributed by atoms with E-state index in [1.807, 2.05) is 0 Å². The standard InChI is InChI=1S/C26H26ClF3N6O3/c27-19-14-20-23(33-22(19)16-5-3-6-17(13-16)26(28,29)30)36(18-7-4-10-35(20)15-18)25(38)34-24-31-9-8-21(32-24)39-12-2-1-11-37/h3,5-6,8-9,13-14,18,37H,1-2,4,7,10-12,15H2,(H,31,32,34,38)/t18-/m0/s1. The van der Waals surface area contributed by atoms with E-state index in [1.54, 1.807) is 12.1 Å². The lowest BCUT2D eigenvalue weighted by Crippen LogP contribution is -2.56. The molecule has 2 aliphatic heterocycles. The van der Waals surface area contributed by atoms with Gasteiger partial charge in [0.25, 0.3) is 0 Å². The minimum Gasteiger partial charge on any atom is -0.478 e. The molecule has 0 radical (unpaired) electrons. The molecular formula is C26H26ClF3N6O3. The number of pyridine rings is 1. The van der Waals surface area contributed by atoms with Crippen LogP contribution in [0.2, 0.25) is 5.02 Å². The molecule has 1 atom stereocenters. The molecule has 13 heteroatoms. The van der Waals surface area contributed by atoms with Crippen LogP contribution < -0.4 is 19.9 Å². The second-order valence-corrected chi connectivity index (χ2v) is 9.69. The molecule has 2 N–H and O–H groups in total. The van der Waals surface area contributed by atoms with Crippen LogP contribution in [0.25, 0.3) is 11.3 Å². The molecule has 206 valence electrons. The van der Waals surface area contributed by atoms with Crippen LogP contribution in [-0.2, 0) is 6.18 Å². The Hall–Kier alpha value is -3.64. The van der Waals surface area contributed by atoms with E-state index >= 15 is 0 Å². The number of carbonyl (C=O) groups excluding carboxylic acids is 1. The molecule has 2 bridgehead atoms. The minimum atomic E-state index is -4.53. The Bertz CT molecular complexity index is 1360. The van der Waals surface area contributed by atoms with Crippen molar-refractivity contribution in [2.24, 2.45) is 0 Å². The van der Waals surface area contributed by atoms with Gasteiger partial charge in [-0.25, -0.2) is 14.8 Å². The Balaban J connectivity index is 1.46. The highest BCUT2D eigenvalue weighted by Gasteiger charge is 2.39. The number of unbranched alkanes of at least 4 members (excludes halogenated alkanes) is 1. The SMILES string of the molecule is O=C(Nc1nccc(OCCCCO)n1)N1c2nc(-c3cccc(C(F)(F)F)c3)c(Cl)cc2N2CCC[C@H]1C2. The van der Waals surface area contributed by atoms with Crippen molar-refractivity contribution in [3.8, 4) is 17.1 Å². The lowest BCUT2D eigenvalue weighted by atomic mass is 9.99. The van der Waals surface area contributed by atoms with Gasteiger partial charge >= 0.3 is 12.2 Å². The summed E-state index contributed by atoms with van der Waals surface area (Å²) in [7, 11) is 0. The van der Waals surface area contributed by atoms with Crippen LogP contribution in [0.5, 0.6) is 5.88 Å². The van der Waals surface area contributed by atoms with Crippen LogP contribution >= 0.6 is 11.6 Å². The smallest absolute Gasteiger partial charge is 0.416 e.